The Balaban J connectivity index is 1.73. The number of nitrogens with zero attached hydrogens (tertiary/aromatic N) is 3. The highest BCUT2D eigenvalue weighted by Gasteiger charge is 2.22. The van der Waals surface area contributed by atoms with Gasteiger partial charge in [-0.2, -0.15) is 4.31 Å². The van der Waals surface area contributed by atoms with Gasteiger partial charge in [0.1, 0.15) is 6.54 Å². The average Bonchev–Trinajstić information content (AvgIpc) is 3.24. The first-order valence-electron chi connectivity index (χ1n) is 10.7. The standard InChI is InChI=1S/C23H28N4O4S2/c1-5-27(6-2)33(30,31)19-11-12-22(29)26(13-19)14-21(28)25-23-24-20(15-32-23)18-9-7-17(8-10-18)16(3)4/h7-13,15-16H,5-6,14H2,1-4H3,(H,24,25,28). The van der Waals surface area contributed by atoms with Gasteiger partial charge in [-0.25, -0.2) is 13.4 Å². The van der Waals surface area contributed by atoms with Crippen LogP contribution < -0.4 is 10.9 Å². The van der Waals surface area contributed by atoms with Gasteiger partial charge in [-0.3, -0.25) is 9.59 Å². The van der Waals surface area contributed by atoms with Crippen LogP contribution in [-0.4, -0.2) is 41.3 Å². The number of benzene rings is 1. The van der Waals surface area contributed by atoms with Gasteiger partial charge in [0.2, 0.25) is 15.9 Å². The summed E-state index contributed by atoms with van der Waals surface area (Å²) in [7, 11) is -3.74. The van der Waals surface area contributed by atoms with Gasteiger partial charge in [-0.05, 0) is 17.5 Å². The molecule has 0 aliphatic rings. The molecule has 0 saturated carbocycles. The van der Waals surface area contributed by atoms with Gasteiger partial charge in [0.15, 0.2) is 5.13 Å². The zero-order valence-corrected chi connectivity index (χ0v) is 20.7. The van der Waals surface area contributed by atoms with Crippen LogP contribution in [0.25, 0.3) is 11.3 Å². The van der Waals surface area contributed by atoms with Gasteiger partial charge < -0.3 is 9.88 Å². The van der Waals surface area contributed by atoms with E-state index < -0.39 is 21.5 Å². The number of anilines is 1. The number of hydrogen-bond acceptors (Lipinski definition) is 6. The van der Waals surface area contributed by atoms with Crippen LogP contribution in [0.3, 0.4) is 0 Å². The molecule has 3 aromatic rings. The lowest BCUT2D eigenvalue weighted by molar-refractivity contribution is -0.116. The Kier molecular flexibility index (Phi) is 7.83. The van der Waals surface area contributed by atoms with Crippen molar-refractivity contribution in [3.8, 4) is 11.3 Å². The normalized spacial score (nSPS) is 11.8. The Morgan fingerprint density at radius 3 is 2.39 bits per heavy atom. The molecule has 0 fully saturated rings. The Bertz CT molecular complexity index is 1270. The molecule has 3 rings (SSSR count). The zero-order valence-electron chi connectivity index (χ0n) is 19.1. The summed E-state index contributed by atoms with van der Waals surface area (Å²) in [6.07, 6.45) is 1.21. The number of rotatable bonds is 9. The van der Waals surface area contributed by atoms with Crippen molar-refractivity contribution in [2.45, 2.75) is 45.1 Å². The maximum Gasteiger partial charge on any atom is 0.251 e. The zero-order chi connectivity index (χ0) is 24.2. The Labute approximate surface area is 198 Å². The average molecular weight is 489 g/mol. The largest absolute Gasteiger partial charge is 0.305 e. The van der Waals surface area contributed by atoms with Crippen molar-refractivity contribution in [2.75, 3.05) is 18.4 Å². The minimum Gasteiger partial charge on any atom is -0.305 e. The van der Waals surface area contributed by atoms with Crippen LogP contribution in [0.5, 0.6) is 0 Å². The van der Waals surface area contributed by atoms with Crippen molar-refractivity contribution in [1.29, 1.82) is 0 Å². The first-order valence-corrected chi connectivity index (χ1v) is 13.0. The third-order valence-corrected chi connectivity index (χ3v) is 8.03. The van der Waals surface area contributed by atoms with E-state index >= 15 is 0 Å². The predicted octanol–water partition coefficient (Wildman–Crippen LogP) is 3.76. The monoisotopic (exact) mass is 488 g/mol. The molecule has 0 unspecified atom stereocenters. The maximum atomic E-state index is 12.7. The number of nitrogens with one attached hydrogen (secondary N) is 1. The highest BCUT2D eigenvalue weighted by Crippen LogP contribution is 2.26. The van der Waals surface area contributed by atoms with E-state index in [-0.39, 0.29) is 11.4 Å². The van der Waals surface area contributed by atoms with Gasteiger partial charge in [0.05, 0.1) is 10.6 Å². The number of carbonyl (C=O) groups excluding carboxylic acids is 1. The molecule has 33 heavy (non-hydrogen) atoms. The number of amides is 1. The van der Waals surface area contributed by atoms with Crippen LogP contribution in [0, 0.1) is 0 Å². The molecular weight excluding hydrogens is 460 g/mol. The summed E-state index contributed by atoms with van der Waals surface area (Å²) in [5.41, 5.74) is 2.46. The minimum absolute atomic E-state index is 0.0278. The molecule has 0 spiro atoms. The van der Waals surface area contributed by atoms with Gasteiger partial charge in [0, 0.05) is 36.3 Å². The fourth-order valence-corrected chi connectivity index (χ4v) is 5.53. The van der Waals surface area contributed by atoms with Gasteiger partial charge in [0.25, 0.3) is 5.56 Å². The molecule has 0 atom stereocenters. The predicted molar refractivity (Wildman–Crippen MR) is 131 cm³/mol. The number of aromatic nitrogens is 2. The van der Waals surface area contributed by atoms with Crippen LogP contribution in [-0.2, 0) is 21.4 Å². The Morgan fingerprint density at radius 2 is 1.79 bits per heavy atom. The van der Waals surface area contributed by atoms with E-state index in [1.54, 1.807) is 13.8 Å². The molecule has 176 valence electrons. The third-order valence-electron chi connectivity index (χ3n) is 5.24. The molecule has 0 saturated heterocycles. The van der Waals surface area contributed by atoms with Crippen LogP contribution in [0.15, 0.2) is 57.7 Å². The first kappa shape index (κ1) is 24.8. The lowest BCUT2D eigenvalue weighted by Gasteiger charge is -2.18. The highest BCUT2D eigenvalue weighted by atomic mass is 32.2. The van der Waals surface area contributed by atoms with Crippen molar-refractivity contribution >= 4 is 32.4 Å². The minimum atomic E-state index is -3.74. The fourth-order valence-electron chi connectivity index (χ4n) is 3.31. The van der Waals surface area contributed by atoms with Gasteiger partial charge in [-0.15, -0.1) is 11.3 Å². The third kappa shape index (κ3) is 5.76. The molecule has 1 amide bonds. The van der Waals surface area contributed by atoms with Crippen LogP contribution in [0.2, 0.25) is 0 Å². The Morgan fingerprint density at radius 1 is 1.12 bits per heavy atom. The smallest absolute Gasteiger partial charge is 0.251 e. The number of pyridine rings is 1. The van der Waals surface area contributed by atoms with E-state index in [0.717, 1.165) is 21.9 Å². The van der Waals surface area contributed by atoms with Crippen molar-refractivity contribution in [3.63, 3.8) is 0 Å². The van der Waals surface area contributed by atoms with Crippen LogP contribution in [0.1, 0.15) is 39.2 Å². The van der Waals surface area contributed by atoms with Crippen molar-refractivity contribution in [3.05, 3.63) is 63.9 Å². The van der Waals surface area contributed by atoms with Crippen LogP contribution >= 0.6 is 11.3 Å². The molecule has 0 radical (unpaired) electrons. The van der Waals surface area contributed by atoms with Gasteiger partial charge >= 0.3 is 0 Å². The van der Waals surface area contributed by atoms with Crippen molar-refractivity contribution in [2.24, 2.45) is 0 Å². The molecule has 1 N–H and O–H groups in total. The van der Waals surface area contributed by atoms with Crippen LogP contribution in [0.4, 0.5) is 5.13 Å². The number of hydrogen-bond donors (Lipinski definition) is 1. The molecule has 2 aromatic heterocycles. The number of thiazole rings is 1. The first-order chi connectivity index (χ1) is 15.6. The van der Waals surface area contributed by atoms with Crippen molar-refractivity contribution in [1.82, 2.24) is 13.9 Å². The number of sulfonamides is 1. The van der Waals surface area contributed by atoms with E-state index in [2.05, 4.69) is 36.3 Å². The molecule has 1 aromatic carbocycles. The summed E-state index contributed by atoms with van der Waals surface area (Å²) in [5.74, 6) is -0.0289. The molecule has 10 heteroatoms. The quantitative estimate of drug-likeness (QED) is 0.494. The lowest BCUT2D eigenvalue weighted by atomic mass is 10.0. The molecule has 2 heterocycles. The number of carbonyl (C=O) groups is 1. The van der Waals surface area contributed by atoms with E-state index in [1.807, 2.05) is 17.5 Å². The molecule has 0 bridgehead atoms. The summed E-state index contributed by atoms with van der Waals surface area (Å²) in [6, 6.07) is 10.5. The second kappa shape index (κ2) is 10.4. The molecule has 0 aliphatic heterocycles. The fraction of sp³-hybridized carbons (Fsp3) is 0.348. The Hall–Kier alpha value is -2.82. The second-order valence-electron chi connectivity index (χ2n) is 7.78. The maximum absolute atomic E-state index is 12.7. The lowest BCUT2D eigenvalue weighted by Crippen LogP contribution is -2.33. The van der Waals surface area contributed by atoms with Crippen molar-refractivity contribution < 1.29 is 13.2 Å². The van der Waals surface area contributed by atoms with E-state index in [1.165, 1.54) is 33.5 Å². The molecule has 0 aliphatic carbocycles. The summed E-state index contributed by atoms with van der Waals surface area (Å²) < 4.78 is 27.8. The summed E-state index contributed by atoms with van der Waals surface area (Å²) in [6.45, 7) is 8.04. The second-order valence-corrected chi connectivity index (χ2v) is 10.6. The summed E-state index contributed by atoms with van der Waals surface area (Å²) in [5, 5.41) is 4.95. The topological polar surface area (TPSA) is 101 Å². The highest BCUT2D eigenvalue weighted by molar-refractivity contribution is 7.89. The molecule has 8 nitrogen and oxygen atoms in total. The van der Waals surface area contributed by atoms with Gasteiger partial charge in [-0.1, -0.05) is 52.0 Å². The molecular formula is C23H28N4O4S2. The van der Waals surface area contributed by atoms with E-state index in [0.29, 0.717) is 24.1 Å². The SMILES string of the molecule is CCN(CC)S(=O)(=O)c1ccc(=O)n(CC(=O)Nc2nc(-c3ccc(C(C)C)cc3)cs2)c1. The van der Waals surface area contributed by atoms with E-state index in [9.17, 15) is 18.0 Å². The summed E-state index contributed by atoms with van der Waals surface area (Å²) in [4.78, 5) is 29.2. The summed E-state index contributed by atoms with van der Waals surface area (Å²) >= 11 is 1.28. The van der Waals surface area contributed by atoms with E-state index in [4.69, 9.17) is 0 Å².